The zero-order chi connectivity index (χ0) is 21.4. The number of carbonyl (C=O) groups is 1. The van der Waals surface area contributed by atoms with Gasteiger partial charge >= 0.3 is 0 Å². The van der Waals surface area contributed by atoms with E-state index in [9.17, 15) is 14.7 Å². The number of halogens is 1. The van der Waals surface area contributed by atoms with Crippen LogP contribution in [-0.2, 0) is 13.0 Å². The van der Waals surface area contributed by atoms with E-state index in [1.165, 1.54) is 10.9 Å². The smallest absolute Gasteiger partial charge is 0.264 e. The number of hydrogen-bond acceptors (Lipinski definition) is 8. The number of benzene rings is 1. The van der Waals surface area contributed by atoms with Gasteiger partial charge in [-0.15, -0.1) is 11.3 Å². The number of carbonyl (C=O) groups excluding carboxylic acids is 1. The minimum absolute atomic E-state index is 0.0122. The van der Waals surface area contributed by atoms with Gasteiger partial charge in [0.25, 0.3) is 11.5 Å². The van der Waals surface area contributed by atoms with Gasteiger partial charge in [0.15, 0.2) is 5.82 Å². The van der Waals surface area contributed by atoms with Crippen molar-refractivity contribution < 1.29 is 14.4 Å². The largest absolute Gasteiger partial charge is 0.388 e. The molecule has 3 N–H and O–H groups in total. The summed E-state index contributed by atoms with van der Waals surface area (Å²) in [7, 11) is 0. The second-order valence-electron chi connectivity index (χ2n) is 6.70. The third-order valence-corrected chi connectivity index (χ3v) is 6.10. The molecule has 11 heteroatoms. The SMILES string of the molecule is Cc1ccc([C@@H](O)Cc2noc(Cn3cnc4sc(C(N)=O)c(Cl)c4c3=O)n2)cc1. The molecule has 0 aliphatic carbocycles. The number of thiophene rings is 1. The highest BCUT2D eigenvalue weighted by Crippen LogP contribution is 2.31. The van der Waals surface area contributed by atoms with E-state index in [1.54, 1.807) is 0 Å². The standard InChI is InChI=1S/C19H16ClN5O4S/c1-9-2-4-10(5-3-9)11(26)6-12-23-13(29-24-12)7-25-8-22-18-14(19(25)28)15(20)16(30-18)17(21)27/h2-5,8,11,26H,6-7H2,1H3,(H2,21,27)/t11-/m0/s1. The van der Waals surface area contributed by atoms with Gasteiger partial charge < -0.3 is 15.4 Å². The Hall–Kier alpha value is -3.08. The van der Waals surface area contributed by atoms with Crippen LogP contribution in [0.4, 0.5) is 0 Å². The van der Waals surface area contributed by atoms with Gasteiger partial charge in [0.1, 0.15) is 16.3 Å². The van der Waals surface area contributed by atoms with Crippen molar-refractivity contribution in [3.8, 4) is 0 Å². The van der Waals surface area contributed by atoms with Gasteiger partial charge in [-0.3, -0.25) is 14.2 Å². The molecule has 0 bridgehead atoms. The topological polar surface area (TPSA) is 137 Å². The normalized spacial score (nSPS) is 12.4. The van der Waals surface area contributed by atoms with Crippen molar-refractivity contribution in [2.45, 2.75) is 26.0 Å². The third kappa shape index (κ3) is 3.84. The number of aliphatic hydroxyl groups is 1. The number of nitrogens with zero attached hydrogens (tertiary/aromatic N) is 4. The van der Waals surface area contributed by atoms with Crippen LogP contribution in [0.5, 0.6) is 0 Å². The maximum atomic E-state index is 12.7. The molecule has 1 amide bonds. The van der Waals surface area contributed by atoms with Crippen molar-refractivity contribution in [3.63, 3.8) is 0 Å². The summed E-state index contributed by atoms with van der Waals surface area (Å²) < 4.78 is 6.45. The average Bonchev–Trinajstić information content (AvgIpc) is 3.29. The number of primary amides is 1. The first-order chi connectivity index (χ1) is 14.3. The van der Waals surface area contributed by atoms with Gasteiger partial charge in [-0.25, -0.2) is 4.98 Å². The molecule has 3 heterocycles. The first kappa shape index (κ1) is 20.2. The van der Waals surface area contributed by atoms with E-state index in [0.717, 1.165) is 22.5 Å². The molecule has 9 nitrogen and oxygen atoms in total. The van der Waals surface area contributed by atoms with Crippen LogP contribution in [0.15, 0.2) is 39.9 Å². The zero-order valence-electron chi connectivity index (χ0n) is 15.7. The van der Waals surface area contributed by atoms with Crippen LogP contribution in [-0.4, -0.2) is 30.7 Å². The molecule has 154 valence electrons. The zero-order valence-corrected chi connectivity index (χ0v) is 17.3. The van der Waals surface area contributed by atoms with Crippen LogP contribution in [0, 0.1) is 6.92 Å². The van der Waals surface area contributed by atoms with Crippen molar-refractivity contribution in [3.05, 3.63) is 73.7 Å². The van der Waals surface area contributed by atoms with Crippen molar-refractivity contribution in [2.24, 2.45) is 5.73 Å². The lowest BCUT2D eigenvalue weighted by Crippen LogP contribution is -2.21. The number of nitrogens with two attached hydrogens (primary N) is 1. The number of amides is 1. The highest BCUT2D eigenvalue weighted by molar-refractivity contribution is 7.21. The summed E-state index contributed by atoms with van der Waals surface area (Å²) in [4.78, 5) is 33.0. The van der Waals surface area contributed by atoms with Crippen molar-refractivity contribution in [1.29, 1.82) is 0 Å². The summed E-state index contributed by atoms with van der Waals surface area (Å²) >= 11 is 7.10. The van der Waals surface area contributed by atoms with Gasteiger partial charge in [-0.05, 0) is 12.5 Å². The molecule has 1 aromatic carbocycles. The lowest BCUT2D eigenvalue weighted by Gasteiger charge is -2.08. The molecule has 0 saturated carbocycles. The number of rotatable bonds is 6. The minimum atomic E-state index is -0.784. The summed E-state index contributed by atoms with van der Waals surface area (Å²) in [6.45, 7) is 1.93. The predicted octanol–water partition coefficient (Wildman–Crippen LogP) is 2.23. The molecule has 4 aromatic rings. The molecule has 0 aliphatic rings. The Labute approximate surface area is 178 Å². The Bertz CT molecular complexity index is 1290. The summed E-state index contributed by atoms with van der Waals surface area (Å²) in [5.74, 6) is -0.238. The van der Waals surface area contributed by atoms with Crippen molar-refractivity contribution in [1.82, 2.24) is 19.7 Å². The van der Waals surface area contributed by atoms with E-state index in [-0.39, 0.29) is 34.1 Å². The number of aryl methyl sites for hydroxylation is 1. The van der Waals surface area contributed by atoms with Gasteiger partial charge in [-0.1, -0.05) is 46.6 Å². The summed E-state index contributed by atoms with van der Waals surface area (Å²) in [5, 5.41) is 14.3. The molecule has 0 aliphatic heterocycles. The highest BCUT2D eigenvalue weighted by Gasteiger charge is 2.20. The molecule has 0 radical (unpaired) electrons. The fourth-order valence-electron chi connectivity index (χ4n) is 2.93. The van der Waals surface area contributed by atoms with Crippen molar-refractivity contribution >= 4 is 39.1 Å². The second kappa shape index (κ2) is 7.98. The van der Waals surface area contributed by atoms with Gasteiger partial charge in [0.05, 0.1) is 22.8 Å². The van der Waals surface area contributed by atoms with E-state index in [1.807, 2.05) is 31.2 Å². The number of hydrogen-bond donors (Lipinski definition) is 2. The fraction of sp³-hybridized carbons (Fsp3) is 0.211. The number of fused-ring (bicyclic) bond motifs is 1. The van der Waals surface area contributed by atoms with E-state index >= 15 is 0 Å². The average molecular weight is 446 g/mol. The van der Waals surface area contributed by atoms with Crippen molar-refractivity contribution in [2.75, 3.05) is 0 Å². The molecule has 0 unspecified atom stereocenters. The van der Waals surface area contributed by atoms with Crippen LogP contribution < -0.4 is 11.3 Å². The Morgan fingerprint density at radius 2 is 2.10 bits per heavy atom. The van der Waals surface area contributed by atoms with Crippen LogP contribution in [0.3, 0.4) is 0 Å². The maximum Gasteiger partial charge on any atom is 0.264 e. The van der Waals surface area contributed by atoms with Crippen LogP contribution in [0.25, 0.3) is 10.2 Å². The molecule has 0 spiro atoms. The highest BCUT2D eigenvalue weighted by atomic mass is 35.5. The van der Waals surface area contributed by atoms with E-state index < -0.39 is 17.6 Å². The Morgan fingerprint density at radius 1 is 1.37 bits per heavy atom. The summed E-state index contributed by atoms with van der Waals surface area (Å²) in [6.07, 6.45) is 0.693. The number of aromatic nitrogens is 4. The monoisotopic (exact) mass is 445 g/mol. The quantitative estimate of drug-likeness (QED) is 0.464. The van der Waals surface area contributed by atoms with Crippen LogP contribution in [0.1, 0.15) is 38.6 Å². The first-order valence-corrected chi connectivity index (χ1v) is 10.1. The van der Waals surface area contributed by atoms with Crippen LogP contribution >= 0.6 is 22.9 Å². The van der Waals surface area contributed by atoms with Gasteiger partial charge in [-0.2, -0.15) is 4.98 Å². The second-order valence-corrected chi connectivity index (χ2v) is 8.08. The fourth-order valence-corrected chi connectivity index (χ4v) is 4.24. The summed E-state index contributed by atoms with van der Waals surface area (Å²) in [5.41, 5.74) is 6.67. The van der Waals surface area contributed by atoms with Crippen LogP contribution in [0.2, 0.25) is 5.02 Å². The molecular formula is C19H16ClN5O4S. The lowest BCUT2D eigenvalue weighted by molar-refractivity contribution is 0.100. The minimum Gasteiger partial charge on any atom is -0.388 e. The van der Waals surface area contributed by atoms with E-state index in [4.69, 9.17) is 21.9 Å². The third-order valence-electron chi connectivity index (χ3n) is 4.50. The van der Waals surface area contributed by atoms with E-state index in [0.29, 0.717) is 10.7 Å². The molecule has 3 aromatic heterocycles. The molecule has 0 saturated heterocycles. The van der Waals surface area contributed by atoms with Gasteiger partial charge in [0.2, 0.25) is 5.89 Å². The maximum absolute atomic E-state index is 12.7. The summed E-state index contributed by atoms with van der Waals surface area (Å²) in [6, 6.07) is 7.50. The Balaban J connectivity index is 1.55. The molecule has 30 heavy (non-hydrogen) atoms. The Kier molecular flexibility index (Phi) is 5.37. The Morgan fingerprint density at radius 3 is 2.80 bits per heavy atom. The molecule has 0 fully saturated rings. The first-order valence-electron chi connectivity index (χ1n) is 8.87. The molecule has 1 atom stereocenters. The number of aliphatic hydroxyl groups excluding tert-OH is 1. The molecule has 4 rings (SSSR count). The van der Waals surface area contributed by atoms with E-state index in [2.05, 4.69) is 15.1 Å². The van der Waals surface area contributed by atoms with Gasteiger partial charge in [0, 0.05) is 6.42 Å². The molecular weight excluding hydrogens is 430 g/mol. The lowest BCUT2D eigenvalue weighted by atomic mass is 10.0. The predicted molar refractivity (Wildman–Crippen MR) is 111 cm³/mol.